The van der Waals surface area contributed by atoms with E-state index in [4.69, 9.17) is 9.84 Å². The number of pyridine rings is 1. The van der Waals surface area contributed by atoms with Gasteiger partial charge in [0.15, 0.2) is 5.82 Å². The molecule has 35 heavy (non-hydrogen) atoms. The summed E-state index contributed by atoms with van der Waals surface area (Å²) in [5.41, 5.74) is 8.04. The maximum atomic E-state index is 11.9. The van der Waals surface area contributed by atoms with Gasteiger partial charge in [-0.05, 0) is 55.5 Å². The Kier molecular flexibility index (Phi) is 5.39. The molecule has 1 saturated heterocycles. The van der Waals surface area contributed by atoms with E-state index in [1.165, 1.54) is 29.7 Å². The number of hydrogen-bond acceptors (Lipinski definition) is 7. The van der Waals surface area contributed by atoms with Crippen LogP contribution in [0.5, 0.6) is 0 Å². The van der Waals surface area contributed by atoms with Gasteiger partial charge in [-0.3, -0.25) is 4.90 Å². The molecule has 1 atom stereocenters. The van der Waals surface area contributed by atoms with E-state index in [-0.39, 0.29) is 12.0 Å². The van der Waals surface area contributed by atoms with E-state index in [2.05, 4.69) is 40.5 Å². The molecule has 0 amide bonds. The highest BCUT2D eigenvalue weighted by Crippen LogP contribution is 2.41. The minimum atomic E-state index is -0.218. The zero-order chi connectivity index (χ0) is 24.1. The smallest absolute Gasteiger partial charge is 0.338 e. The van der Waals surface area contributed by atoms with Crippen LogP contribution in [-0.2, 0) is 17.9 Å². The number of hydrogen-bond donors (Lipinski definition) is 1. The lowest BCUT2D eigenvalue weighted by Crippen LogP contribution is -2.45. The molecule has 8 heteroatoms. The number of ether oxygens (including phenoxy) is 1. The van der Waals surface area contributed by atoms with Crippen LogP contribution < -0.4 is 5.32 Å². The molecule has 178 valence electrons. The minimum Gasteiger partial charge on any atom is -0.457 e. The molecule has 2 aliphatic heterocycles. The molecule has 0 radical (unpaired) electrons. The summed E-state index contributed by atoms with van der Waals surface area (Å²) in [6.45, 7) is 7.99. The third-order valence-corrected chi connectivity index (χ3v) is 7.47. The van der Waals surface area contributed by atoms with E-state index in [9.17, 15) is 10.1 Å². The zero-order valence-corrected chi connectivity index (χ0v) is 20.0. The molecule has 2 aromatic heterocycles. The van der Waals surface area contributed by atoms with Gasteiger partial charge in [0.2, 0.25) is 0 Å². The highest BCUT2D eigenvalue weighted by Gasteiger charge is 2.32. The monoisotopic (exact) mass is 468 g/mol. The van der Waals surface area contributed by atoms with E-state index >= 15 is 0 Å². The molecule has 8 nitrogen and oxygen atoms in total. The van der Waals surface area contributed by atoms with Crippen LogP contribution in [0.1, 0.15) is 74.2 Å². The van der Waals surface area contributed by atoms with Crippen LogP contribution in [0.15, 0.2) is 30.6 Å². The normalized spacial score (nSPS) is 19.9. The first kappa shape index (κ1) is 22.0. The molecule has 0 spiro atoms. The van der Waals surface area contributed by atoms with E-state index < -0.39 is 0 Å². The molecule has 2 fully saturated rings. The predicted octanol–water partition coefficient (Wildman–Crippen LogP) is 3.45. The number of esters is 1. The number of carbonyl (C=O) groups is 1. The first-order chi connectivity index (χ1) is 17.0. The summed E-state index contributed by atoms with van der Waals surface area (Å²) in [6.07, 6.45) is 6.11. The summed E-state index contributed by atoms with van der Waals surface area (Å²) in [6, 6.07) is 8.30. The lowest BCUT2D eigenvalue weighted by Gasteiger charge is -2.34. The Morgan fingerprint density at radius 1 is 1.29 bits per heavy atom. The third-order valence-electron chi connectivity index (χ3n) is 7.47. The van der Waals surface area contributed by atoms with Crippen molar-refractivity contribution in [2.24, 2.45) is 0 Å². The second kappa shape index (κ2) is 8.59. The fraction of sp³-hybridized carbons (Fsp3) is 0.407. The maximum absolute atomic E-state index is 11.9. The van der Waals surface area contributed by atoms with Crippen molar-refractivity contribution in [3.8, 4) is 11.9 Å². The van der Waals surface area contributed by atoms with Gasteiger partial charge >= 0.3 is 5.97 Å². The summed E-state index contributed by atoms with van der Waals surface area (Å²) in [5, 5.41) is 17.8. The highest BCUT2D eigenvalue weighted by molar-refractivity contribution is 5.94. The number of aromatic nitrogens is 3. The van der Waals surface area contributed by atoms with Gasteiger partial charge < -0.3 is 10.1 Å². The van der Waals surface area contributed by atoms with Crippen molar-refractivity contribution >= 4 is 5.97 Å². The van der Waals surface area contributed by atoms with Crippen molar-refractivity contribution in [2.45, 2.75) is 51.8 Å². The van der Waals surface area contributed by atoms with Gasteiger partial charge in [0.05, 0.1) is 16.8 Å². The van der Waals surface area contributed by atoms with Crippen LogP contribution in [0.4, 0.5) is 0 Å². The van der Waals surface area contributed by atoms with E-state index in [1.807, 2.05) is 23.7 Å². The van der Waals surface area contributed by atoms with Crippen molar-refractivity contribution in [1.82, 2.24) is 25.0 Å². The molecule has 0 bridgehead atoms. The van der Waals surface area contributed by atoms with Crippen LogP contribution in [0.3, 0.4) is 0 Å². The molecular formula is C27H28N6O2. The number of carbonyl (C=O) groups excluding carboxylic acids is 1. The average molecular weight is 469 g/mol. The van der Waals surface area contributed by atoms with Crippen molar-refractivity contribution in [3.05, 3.63) is 75.2 Å². The molecule has 1 N–H and O–H groups in total. The predicted molar refractivity (Wildman–Crippen MR) is 129 cm³/mol. The Morgan fingerprint density at radius 2 is 2.14 bits per heavy atom. The van der Waals surface area contributed by atoms with E-state index in [0.29, 0.717) is 23.7 Å². The van der Waals surface area contributed by atoms with Gasteiger partial charge in [-0.1, -0.05) is 6.07 Å². The van der Waals surface area contributed by atoms with Crippen LogP contribution in [0.2, 0.25) is 0 Å². The second-order valence-corrected chi connectivity index (χ2v) is 9.85. The van der Waals surface area contributed by atoms with Gasteiger partial charge in [0, 0.05) is 61.7 Å². The summed E-state index contributed by atoms with van der Waals surface area (Å²) >= 11 is 0. The van der Waals surface area contributed by atoms with Crippen LogP contribution in [0, 0.1) is 25.2 Å². The summed E-state index contributed by atoms with van der Waals surface area (Å²) in [4.78, 5) is 18.9. The number of cyclic esters (lactones) is 1. The zero-order valence-electron chi connectivity index (χ0n) is 20.0. The number of nitrogens with zero attached hydrogens (tertiary/aromatic N) is 5. The third kappa shape index (κ3) is 4.01. The molecule has 1 saturated carbocycles. The fourth-order valence-corrected chi connectivity index (χ4v) is 5.30. The standard InChI is InChI=1S/C27H28N6O2/c1-16-9-25(30-11-19(16)10-28)33-13-20(26(31-33)18-3-4-18)12-32-8-7-29-24(14-32)21-5-6-22-23(17(21)2)15-35-27(22)34/h5-6,9,11,13,18,24,29H,3-4,7-8,12,14-15H2,1-2H3. The first-order valence-electron chi connectivity index (χ1n) is 12.2. The van der Waals surface area contributed by atoms with Gasteiger partial charge in [0.1, 0.15) is 12.7 Å². The largest absolute Gasteiger partial charge is 0.457 e. The summed E-state index contributed by atoms with van der Waals surface area (Å²) < 4.78 is 7.12. The van der Waals surface area contributed by atoms with Crippen LogP contribution in [-0.4, -0.2) is 45.3 Å². The average Bonchev–Trinajstić information content (AvgIpc) is 3.51. The number of benzene rings is 1. The van der Waals surface area contributed by atoms with Crippen molar-refractivity contribution in [1.29, 1.82) is 5.26 Å². The lowest BCUT2D eigenvalue weighted by molar-refractivity contribution is 0.0535. The molecule has 1 aliphatic carbocycles. The molecule has 1 aromatic carbocycles. The minimum absolute atomic E-state index is 0.201. The van der Waals surface area contributed by atoms with E-state index in [0.717, 1.165) is 48.7 Å². The summed E-state index contributed by atoms with van der Waals surface area (Å²) in [5.74, 6) is 1.06. The van der Waals surface area contributed by atoms with Gasteiger partial charge in [-0.2, -0.15) is 10.4 Å². The number of nitrogens with one attached hydrogen (secondary N) is 1. The quantitative estimate of drug-likeness (QED) is 0.573. The van der Waals surface area contributed by atoms with E-state index in [1.54, 1.807) is 6.20 Å². The number of aryl methyl sites for hydroxylation is 1. The van der Waals surface area contributed by atoms with Gasteiger partial charge in [-0.15, -0.1) is 0 Å². The Balaban J connectivity index is 1.24. The molecule has 3 aliphatic rings. The molecule has 1 unspecified atom stereocenters. The maximum Gasteiger partial charge on any atom is 0.338 e. The Labute approximate surface area is 204 Å². The van der Waals surface area contributed by atoms with Crippen molar-refractivity contribution in [2.75, 3.05) is 19.6 Å². The Morgan fingerprint density at radius 3 is 2.91 bits per heavy atom. The van der Waals surface area contributed by atoms with Crippen molar-refractivity contribution < 1.29 is 9.53 Å². The first-order valence-corrected chi connectivity index (χ1v) is 12.2. The van der Waals surface area contributed by atoms with Crippen molar-refractivity contribution in [3.63, 3.8) is 0 Å². The fourth-order valence-electron chi connectivity index (χ4n) is 5.30. The number of piperazine rings is 1. The van der Waals surface area contributed by atoms with Gasteiger partial charge in [-0.25, -0.2) is 14.5 Å². The topological polar surface area (TPSA) is 96.1 Å². The Bertz CT molecular complexity index is 1370. The molecule has 6 rings (SSSR count). The summed E-state index contributed by atoms with van der Waals surface area (Å²) in [7, 11) is 0. The van der Waals surface area contributed by atoms with Crippen LogP contribution >= 0.6 is 0 Å². The van der Waals surface area contributed by atoms with Crippen LogP contribution in [0.25, 0.3) is 5.82 Å². The molecule has 4 heterocycles. The molecular weight excluding hydrogens is 440 g/mol. The molecule has 3 aromatic rings. The highest BCUT2D eigenvalue weighted by atomic mass is 16.5. The lowest BCUT2D eigenvalue weighted by atomic mass is 9.93. The Hall–Kier alpha value is -3.54. The second-order valence-electron chi connectivity index (χ2n) is 9.85. The van der Waals surface area contributed by atoms with Gasteiger partial charge in [0.25, 0.3) is 0 Å². The number of rotatable bonds is 5. The number of nitriles is 1. The SMILES string of the molecule is Cc1cc(-n2cc(CN3CCNC(c4ccc5c(c4C)COC5=O)C3)c(C3CC3)n2)ncc1C#N. The number of fused-ring (bicyclic) bond motifs is 1.